The maximum atomic E-state index is 13.3. The zero-order chi connectivity index (χ0) is 24.6. The number of aromatic nitrogens is 1. The molecule has 9 heteroatoms. The van der Waals surface area contributed by atoms with Crippen molar-refractivity contribution in [3.63, 3.8) is 0 Å². The van der Waals surface area contributed by atoms with E-state index in [2.05, 4.69) is 10.3 Å². The van der Waals surface area contributed by atoms with Gasteiger partial charge in [0.15, 0.2) is 0 Å². The molecule has 3 aromatic rings. The van der Waals surface area contributed by atoms with Crippen molar-refractivity contribution in [2.45, 2.75) is 13.5 Å². The lowest BCUT2D eigenvalue weighted by Crippen LogP contribution is -2.50. The monoisotopic (exact) mass is 494 g/mol. The van der Waals surface area contributed by atoms with Gasteiger partial charge in [0.05, 0.1) is 17.2 Å². The predicted octanol–water partition coefficient (Wildman–Crippen LogP) is 3.97. The number of rotatable bonds is 8. The summed E-state index contributed by atoms with van der Waals surface area (Å²) in [4.78, 5) is 33.1. The van der Waals surface area contributed by atoms with Crippen molar-refractivity contribution >= 4 is 34.9 Å². The van der Waals surface area contributed by atoms with E-state index in [0.29, 0.717) is 44.2 Å². The molecular weight excluding hydrogens is 467 g/mol. The number of aryl methyl sites for hydroxylation is 1. The van der Waals surface area contributed by atoms with Crippen LogP contribution in [0.15, 0.2) is 60.0 Å². The first kappa shape index (κ1) is 24.6. The fourth-order valence-electron chi connectivity index (χ4n) is 3.74. The SMILES string of the molecule is Cc1nc(COc2ccccc2/C=C/C(=O)N2CCN(CC(=O)Nc3cccc(F)c3)CC2)cs1. The average molecular weight is 495 g/mol. The molecule has 0 aliphatic carbocycles. The second-order valence-electron chi connectivity index (χ2n) is 8.18. The van der Waals surface area contributed by atoms with Gasteiger partial charge < -0.3 is 15.0 Å². The highest BCUT2D eigenvalue weighted by Crippen LogP contribution is 2.21. The number of ether oxygens (including phenoxy) is 1. The van der Waals surface area contributed by atoms with Crippen LogP contribution in [0.2, 0.25) is 0 Å². The van der Waals surface area contributed by atoms with Gasteiger partial charge >= 0.3 is 0 Å². The van der Waals surface area contributed by atoms with Crippen LogP contribution in [0, 0.1) is 12.7 Å². The number of nitrogens with one attached hydrogen (secondary N) is 1. The number of halogens is 1. The van der Waals surface area contributed by atoms with Crippen molar-refractivity contribution < 1.29 is 18.7 Å². The van der Waals surface area contributed by atoms with Crippen molar-refractivity contribution in [3.8, 4) is 5.75 Å². The highest BCUT2D eigenvalue weighted by molar-refractivity contribution is 7.09. The summed E-state index contributed by atoms with van der Waals surface area (Å²) >= 11 is 1.58. The quantitative estimate of drug-likeness (QED) is 0.480. The van der Waals surface area contributed by atoms with E-state index in [-0.39, 0.29) is 18.4 Å². The predicted molar refractivity (Wildman–Crippen MR) is 135 cm³/mol. The number of carbonyl (C=O) groups is 2. The van der Waals surface area contributed by atoms with Crippen LogP contribution in [0.3, 0.4) is 0 Å². The maximum absolute atomic E-state index is 13.3. The molecule has 0 radical (unpaired) electrons. The van der Waals surface area contributed by atoms with Crippen LogP contribution < -0.4 is 10.1 Å². The molecule has 0 unspecified atom stereocenters. The lowest BCUT2D eigenvalue weighted by atomic mass is 10.2. The van der Waals surface area contributed by atoms with E-state index in [4.69, 9.17) is 4.74 Å². The van der Waals surface area contributed by atoms with Gasteiger partial charge in [-0.3, -0.25) is 14.5 Å². The molecule has 1 saturated heterocycles. The molecule has 35 heavy (non-hydrogen) atoms. The Morgan fingerprint density at radius 1 is 1.14 bits per heavy atom. The molecule has 0 spiro atoms. The summed E-state index contributed by atoms with van der Waals surface area (Å²) in [5, 5.41) is 5.67. The van der Waals surface area contributed by atoms with Crippen LogP contribution in [0.25, 0.3) is 6.08 Å². The average Bonchev–Trinajstić information content (AvgIpc) is 3.27. The number of para-hydroxylation sites is 1. The Morgan fingerprint density at radius 3 is 2.69 bits per heavy atom. The lowest BCUT2D eigenvalue weighted by Gasteiger charge is -2.33. The first-order chi connectivity index (χ1) is 17.0. The highest BCUT2D eigenvalue weighted by Gasteiger charge is 2.21. The fourth-order valence-corrected chi connectivity index (χ4v) is 4.34. The van der Waals surface area contributed by atoms with Crippen molar-refractivity contribution in [2.75, 3.05) is 38.0 Å². The van der Waals surface area contributed by atoms with Gasteiger partial charge in [-0.1, -0.05) is 24.3 Å². The molecule has 1 aromatic heterocycles. The van der Waals surface area contributed by atoms with Crippen LogP contribution in [0.1, 0.15) is 16.3 Å². The standard InChI is InChI=1S/C26H27FN4O3S/c1-19-28-23(18-35-19)17-34-24-8-3-2-5-20(24)9-10-26(33)31-13-11-30(12-14-31)16-25(32)29-22-7-4-6-21(27)15-22/h2-10,15,18H,11-14,16-17H2,1H3,(H,29,32)/b10-9+. The number of benzene rings is 2. The smallest absolute Gasteiger partial charge is 0.246 e. The van der Waals surface area contributed by atoms with Crippen LogP contribution in [0.5, 0.6) is 5.75 Å². The summed E-state index contributed by atoms with van der Waals surface area (Å²) in [5.74, 6) is 0.00142. The Morgan fingerprint density at radius 2 is 1.94 bits per heavy atom. The molecule has 1 aliphatic heterocycles. The minimum atomic E-state index is -0.397. The normalized spacial score (nSPS) is 14.3. The molecule has 0 saturated carbocycles. The fraction of sp³-hybridized carbons (Fsp3) is 0.269. The number of anilines is 1. The van der Waals surface area contributed by atoms with Gasteiger partial charge in [0.25, 0.3) is 0 Å². The first-order valence-corrected chi connectivity index (χ1v) is 12.2. The van der Waals surface area contributed by atoms with Gasteiger partial charge in [-0.2, -0.15) is 0 Å². The van der Waals surface area contributed by atoms with Crippen LogP contribution in [-0.4, -0.2) is 59.3 Å². The largest absolute Gasteiger partial charge is 0.487 e. The number of piperazine rings is 1. The topological polar surface area (TPSA) is 74.8 Å². The lowest BCUT2D eigenvalue weighted by molar-refractivity contribution is -0.127. The third kappa shape index (κ3) is 7.21. The number of hydrogen-bond acceptors (Lipinski definition) is 6. The number of amides is 2. The summed E-state index contributed by atoms with van der Waals surface area (Å²) < 4.78 is 19.2. The van der Waals surface area contributed by atoms with E-state index >= 15 is 0 Å². The van der Waals surface area contributed by atoms with E-state index in [0.717, 1.165) is 16.3 Å². The van der Waals surface area contributed by atoms with E-state index < -0.39 is 5.82 Å². The molecule has 2 heterocycles. The second-order valence-corrected chi connectivity index (χ2v) is 9.24. The molecule has 7 nitrogen and oxygen atoms in total. The minimum Gasteiger partial charge on any atom is -0.487 e. The molecule has 1 N–H and O–H groups in total. The third-order valence-electron chi connectivity index (χ3n) is 5.53. The molecule has 0 atom stereocenters. The third-order valence-corrected chi connectivity index (χ3v) is 6.35. The first-order valence-electron chi connectivity index (χ1n) is 11.3. The Balaban J connectivity index is 1.25. The van der Waals surface area contributed by atoms with E-state index in [1.54, 1.807) is 40.5 Å². The van der Waals surface area contributed by atoms with Crippen LogP contribution in [0.4, 0.5) is 10.1 Å². The minimum absolute atomic E-state index is 0.0845. The van der Waals surface area contributed by atoms with E-state index in [1.807, 2.05) is 41.5 Å². The molecule has 4 rings (SSSR count). The van der Waals surface area contributed by atoms with Gasteiger partial charge in [-0.25, -0.2) is 9.37 Å². The number of thiazole rings is 1. The second kappa shape index (κ2) is 11.7. The van der Waals surface area contributed by atoms with Crippen molar-refractivity contribution in [1.82, 2.24) is 14.8 Å². The summed E-state index contributed by atoms with van der Waals surface area (Å²) in [6.45, 7) is 4.74. The Hall–Kier alpha value is -3.56. The Bertz CT molecular complexity index is 1200. The molecule has 182 valence electrons. The molecule has 0 bridgehead atoms. The molecular formula is C26H27FN4O3S. The van der Waals surface area contributed by atoms with Gasteiger partial charge in [-0.15, -0.1) is 11.3 Å². The Kier molecular flexibility index (Phi) is 8.23. The van der Waals surface area contributed by atoms with Crippen molar-refractivity contribution in [3.05, 3.63) is 82.1 Å². The zero-order valence-corrected chi connectivity index (χ0v) is 20.3. The highest BCUT2D eigenvalue weighted by atomic mass is 32.1. The van der Waals surface area contributed by atoms with E-state index in [1.165, 1.54) is 12.1 Å². The number of nitrogens with zero attached hydrogens (tertiary/aromatic N) is 3. The van der Waals surface area contributed by atoms with Crippen molar-refractivity contribution in [1.29, 1.82) is 0 Å². The summed E-state index contributed by atoms with van der Waals surface area (Å²) in [6, 6.07) is 13.4. The van der Waals surface area contributed by atoms with Crippen LogP contribution >= 0.6 is 11.3 Å². The van der Waals surface area contributed by atoms with Gasteiger partial charge in [0.1, 0.15) is 18.2 Å². The van der Waals surface area contributed by atoms with Crippen LogP contribution in [-0.2, 0) is 16.2 Å². The maximum Gasteiger partial charge on any atom is 0.246 e. The molecule has 2 amide bonds. The molecule has 1 fully saturated rings. The summed E-state index contributed by atoms with van der Waals surface area (Å²) in [7, 11) is 0. The Labute approximate surface area is 207 Å². The summed E-state index contributed by atoms with van der Waals surface area (Å²) in [5.41, 5.74) is 2.13. The van der Waals surface area contributed by atoms with Gasteiger partial charge in [-0.05, 0) is 37.3 Å². The number of hydrogen-bond donors (Lipinski definition) is 1. The van der Waals surface area contributed by atoms with Crippen molar-refractivity contribution in [2.24, 2.45) is 0 Å². The van der Waals surface area contributed by atoms with E-state index in [9.17, 15) is 14.0 Å². The molecule has 1 aliphatic rings. The summed E-state index contributed by atoms with van der Waals surface area (Å²) in [6.07, 6.45) is 3.32. The van der Waals surface area contributed by atoms with Gasteiger partial charge in [0, 0.05) is 48.9 Å². The molecule has 2 aromatic carbocycles. The zero-order valence-electron chi connectivity index (χ0n) is 19.4. The van der Waals surface area contributed by atoms with Gasteiger partial charge in [0.2, 0.25) is 11.8 Å². The number of carbonyl (C=O) groups excluding carboxylic acids is 2.